The van der Waals surface area contributed by atoms with Crippen LogP contribution in [0.15, 0.2) is 40.6 Å². The summed E-state index contributed by atoms with van der Waals surface area (Å²) in [6.45, 7) is 4.58. The zero-order chi connectivity index (χ0) is 18.2. The Hall–Kier alpha value is -1.50. The van der Waals surface area contributed by atoms with E-state index in [4.69, 9.17) is 16.4 Å². The molecule has 2 saturated carbocycles. The van der Waals surface area contributed by atoms with E-state index in [1.807, 2.05) is 6.21 Å². The zero-order valence-corrected chi connectivity index (χ0v) is 16.0. The van der Waals surface area contributed by atoms with E-state index in [0.29, 0.717) is 24.2 Å². The fraction of sp³-hybridized carbons (Fsp3) is 0.591. The fourth-order valence-corrected chi connectivity index (χ4v) is 6.70. The highest BCUT2D eigenvalue weighted by Crippen LogP contribution is 2.65. The Balaban J connectivity index is 1.56. The molecule has 26 heavy (non-hydrogen) atoms. The predicted octanol–water partition coefficient (Wildman–Crippen LogP) is 4.19. The van der Waals surface area contributed by atoms with Gasteiger partial charge in [-0.25, -0.2) is 0 Å². The Kier molecular flexibility index (Phi) is 3.38. The number of hydrogen-bond donors (Lipinski definition) is 1. The topological polar surface area (TPSA) is 41.8 Å². The third kappa shape index (κ3) is 1.93. The van der Waals surface area contributed by atoms with Crippen LogP contribution in [0.2, 0.25) is 0 Å². The van der Waals surface area contributed by atoms with Gasteiger partial charge in [0.05, 0.1) is 6.21 Å². The lowest BCUT2D eigenvalue weighted by atomic mass is 9.49. The monoisotopic (exact) mass is 369 g/mol. The molecule has 4 aliphatic carbocycles. The lowest BCUT2D eigenvalue weighted by molar-refractivity contribution is -0.0747. The minimum absolute atomic E-state index is 0.00513. The molecule has 5 rings (SSSR count). The Morgan fingerprint density at radius 3 is 2.88 bits per heavy atom. The number of oxime groups is 1. The fourth-order valence-electron chi connectivity index (χ4n) is 6.54. The number of fused-ring (bicyclic) bond motifs is 6. The van der Waals surface area contributed by atoms with E-state index in [1.165, 1.54) is 11.1 Å². The molecule has 7 atom stereocenters. The summed E-state index contributed by atoms with van der Waals surface area (Å²) in [5.41, 5.74) is 1.37. The third-order valence-electron chi connectivity index (χ3n) is 8.13. The van der Waals surface area contributed by atoms with Crippen LogP contribution >= 0.6 is 11.6 Å². The van der Waals surface area contributed by atoms with Gasteiger partial charge >= 0.3 is 0 Å². The average Bonchev–Trinajstić information content (AvgIpc) is 3.15. The Labute approximate surface area is 159 Å². The molecule has 0 amide bonds. The van der Waals surface area contributed by atoms with Crippen LogP contribution in [0.4, 0.5) is 0 Å². The van der Waals surface area contributed by atoms with Crippen LogP contribution in [-0.4, -0.2) is 23.0 Å². The normalized spacial score (nSPS) is 50.3. The molecule has 1 heterocycles. The summed E-state index contributed by atoms with van der Waals surface area (Å²) in [6.07, 6.45) is 14.9. The lowest BCUT2D eigenvalue weighted by Crippen LogP contribution is -2.53. The predicted molar refractivity (Wildman–Crippen MR) is 102 cm³/mol. The molecule has 0 radical (unpaired) electrons. The van der Waals surface area contributed by atoms with Crippen molar-refractivity contribution in [1.82, 2.24) is 0 Å². The highest BCUT2D eigenvalue weighted by atomic mass is 35.5. The lowest BCUT2D eigenvalue weighted by Gasteiger charge is -2.55. The zero-order valence-electron chi connectivity index (χ0n) is 15.2. The quantitative estimate of drug-likeness (QED) is 0.650. The summed E-state index contributed by atoms with van der Waals surface area (Å²) in [6, 6.07) is 0. The van der Waals surface area contributed by atoms with Gasteiger partial charge in [-0.3, -0.25) is 0 Å². The molecule has 5 aliphatic rings. The van der Waals surface area contributed by atoms with Crippen molar-refractivity contribution < 1.29 is 9.94 Å². The summed E-state index contributed by atoms with van der Waals surface area (Å²) in [5.74, 6) is 4.36. The van der Waals surface area contributed by atoms with Gasteiger partial charge in [0, 0.05) is 21.8 Å². The molecule has 0 spiro atoms. The molecular formula is C22H24ClNO2. The first-order chi connectivity index (χ1) is 12.4. The van der Waals surface area contributed by atoms with Crippen molar-refractivity contribution in [1.29, 1.82) is 0 Å². The summed E-state index contributed by atoms with van der Waals surface area (Å²) in [5, 5.41) is 17.7. The van der Waals surface area contributed by atoms with Crippen LogP contribution < -0.4 is 0 Å². The van der Waals surface area contributed by atoms with Crippen LogP contribution in [0, 0.1) is 39.9 Å². The van der Waals surface area contributed by atoms with Gasteiger partial charge in [-0.05, 0) is 66.7 Å². The number of aliphatic hydroxyl groups is 1. The van der Waals surface area contributed by atoms with E-state index in [2.05, 4.69) is 54.6 Å². The van der Waals surface area contributed by atoms with E-state index in [0.717, 1.165) is 19.3 Å². The molecular weight excluding hydrogens is 346 g/mol. The van der Waals surface area contributed by atoms with Crippen molar-refractivity contribution in [2.45, 2.75) is 51.2 Å². The summed E-state index contributed by atoms with van der Waals surface area (Å²) in [4.78, 5) is 5.46. The van der Waals surface area contributed by atoms with Crippen molar-refractivity contribution in [2.24, 2.45) is 33.7 Å². The van der Waals surface area contributed by atoms with Gasteiger partial charge in [0.1, 0.15) is 5.60 Å². The van der Waals surface area contributed by atoms with Crippen LogP contribution in [0.1, 0.15) is 39.5 Å². The van der Waals surface area contributed by atoms with Crippen molar-refractivity contribution in [3.63, 3.8) is 0 Å². The van der Waals surface area contributed by atoms with Crippen molar-refractivity contribution in [2.75, 3.05) is 0 Å². The Morgan fingerprint density at radius 2 is 2.08 bits per heavy atom. The second-order valence-corrected chi connectivity index (χ2v) is 9.22. The van der Waals surface area contributed by atoms with Crippen molar-refractivity contribution in [3.05, 3.63) is 35.5 Å². The van der Waals surface area contributed by atoms with Gasteiger partial charge in [0.15, 0.2) is 6.10 Å². The number of nitrogens with zero attached hydrogens (tertiary/aromatic N) is 1. The molecule has 0 aromatic carbocycles. The van der Waals surface area contributed by atoms with Gasteiger partial charge in [-0.15, -0.1) is 0 Å². The van der Waals surface area contributed by atoms with Crippen LogP contribution in [0.3, 0.4) is 0 Å². The van der Waals surface area contributed by atoms with E-state index < -0.39 is 5.60 Å². The van der Waals surface area contributed by atoms with Gasteiger partial charge in [-0.1, -0.05) is 43.2 Å². The highest BCUT2D eigenvalue weighted by Gasteiger charge is 2.63. The van der Waals surface area contributed by atoms with Gasteiger partial charge < -0.3 is 9.94 Å². The summed E-state index contributed by atoms with van der Waals surface area (Å²) < 4.78 is 0. The standard InChI is InChI=1S/C22H24ClNO2/c1-20-12-14-13-24-26-19(14)11-15(20)3-4-16-17(20)5-7-21(2)18(16)6-8-22(21,25)9-10-23/h3-4,11-13,16-19,25H,5-8H2,1-2H3/t16-,17+,18+,19?,20+,21+,22-/m1/s1. The van der Waals surface area contributed by atoms with Crippen molar-refractivity contribution >= 4 is 17.8 Å². The van der Waals surface area contributed by atoms with Gasteiger partial charge in [0.25, 0.3) is 0 Å². The second kappa shape index (κ2) is 5.27. The van der Waals surface area contributed by atoms with Crippen molar-refractivity contribution in [3.8, 4) is 11.3 Å². The smallest absolute Gasteiger partial charge is 0.172 e. The molecule has 0 aromatic heterocycles. The molecule has 3 nitrogen and oxygen atoms in total. The maximum Gasteiger partial charge on any atom is 0.172 e. The number of rotatable bonds is 0. The number of halogens is 1. The van der Waals surface area contributed by atoms with E-state index >= 15 is 0 Å². The van der Waals surface area contributed by atoms with E-state index in [9.17, 15) is 5.11 Å². The molecule has 1 aliphatic heterocycles. The number of allylic oxidation sites excluding steroid dienone is 4. The summed E-state index contributed by atoms with van der Waals surface area (Å²) >= 11 is 5.69. The summed E-state index contributed by atoms with van der Waals surface area (Å²) in [7, 11) is 0. The maximum absolute atomic E-state index is 11.2. The first kappa shape index (κ1) is 16.7. The van der Waals surface area contributed by atoms with Gasteiger partial charge in [0.2, 0.25) is 0 Å². The SMILES string of the molecule is C[C@]12C=C3C=NOC3C=C1C=C[C@@H]1[C@@H]2CC[C@@]2(C)[C@H]1CC[C@@]2(O)C#CCl. The minimum atomic E-state index is -0.961. The molecule has 2 fully saturated rings. The molecule has 1 N–H and O–H groups in total. The molecule has 0 saturated heterocycles. The highest BCUT2D eigenvalue weighted by molar-refractivity contribution is 6.30. The van der Waals surface area contributed by atoms with E-state index in [-0.39, 0.29) is 16.9 Å². The molecule has 0 bridgehead atoms. The van der Waals surface area contributed by atoms with E-state index in [1.54, 1.807) is 0 Å². The average molecular weight is 370 g/mol. The van der Waals surface area contributed by atoms with Gasteiger partial charge in [-0.2, -0.15) is 0 Å². The Bertz CT molecular complexity index is 846. The first-order valence-corrected chi connectivity index (χ1v) is 9.97. The maximum atomic E-state index is 11.2. The van der Waals surface area contributed by atoms with Crippen LogP contribution in [0.5, 0.6) is 0 Å². The molecule has 1 unspecified atom stereocenters. The Morgan fingerprint density at radius 1 is 1.27 bits per heavy atom. The number of hydrogen-bond acceptors (Lipinski definition) is 3. The third-order valence-corrected chi connectivity index (χ3v) is 8.23. The first-order valence-electron chi connectivity index (χ1n) is 9.59. The van der Waals surface area contributed by atoms with Crippen LogP contribution in [-0.2, 0) is 4.84 Å². The van der Waals surface area contributed by atoms with Crippen LogP contribution in [0.25, 0.3) is 0 Å². The largest absolute Gasteiger partial charge is 0.383 e. The molecule has 0 aromatic rings. The molecule has 136 valence electrons. The minimum Gasteiger partial charge on any atom is -0.383 e. The molecule has 4 heteroatoms. The second-order valence-electron chi connectivity index (χ2n) is 9.03.